The zero-order valence-electron chi connectivity index (χ0n) is 17.6. The molecule has 0 aliphatic heterocycles. The van der Waals surface area contributed by atoms with Gasteiger partial charge in [0.05, 0.1) is 0 Å². The molecular formula is C28H22Cl2Zr. The molecular weight excluding hydrogens is 498 g/mol. The van der Waals surface area contributed by atoms with Gasteiger partial charge in [0.2, 0.25) is 0 Å². The van der Waals surface area contributed by atoms with E-state index in [2.05, 4.69) is 86.6 Å². The molecule has 0 amide bonds. The molecule has 0 saturated carbocycles. The molecule has 2 aliphatic carbocycles. The molecule has 0 heterocycles. The summed E-state index contributed by atoms with van der Waals surface area (Å²) in [5.74, 6) is 0. The average molecular weight is 521 g/mol. The molecule has 152 valence electrons. The van der Waals surface area contributed by atoms with E-state index in [-0.39, 0.29) is 0 Å². The van der Waals surface area contributed by atoms with Crippen LogP contribution in [0.2, 0.25) is 0 Å². The van der Waals surface area contributed by atoms with Crippen molar-refractivity contribution in [3.05, 3.63) is 106 Å². The number of halogens is 2. The zero-order chi connectivity index (χ0) is 21.3. The SMILES string of the molecule is Cc1cc[c]([Zr]([Cl])([Cl])[c]2ccc(C)c3c2Cc2ccccc2-3)c2c1-c1ccccc1C2. The fourth-order valence-corrected chi connectivity index (χ4v) is 14.9. The van der Waals surface area contributed by atoms with E-state index in [1.54, 1.807) is 0 Å². The third-order valence-electron chi connectivity index (χ3n) is 7.03. The first-order valence-corrected chi connectivity index (χ1v) is 19.6. The van der Waals surface area contributed by atoms with Gasteiger partial charge in [-0.3, -0.25) is 0 Å². The Bertz CT molecular complexity index is 1280. The molecule has 0 nitrogen and oxygen atoms in total. The molecule has 0 saturated heterocycles. The Kier molecular flexibility index (Phi) is 4.63. The van der Waals surface area contributed by atoms with Gasteiger partial charge in [0.1, 0.15) is 0 Å². The molecule has 0 spiro atoms. The van der Waals surface area contributed by atoms with E-state index in [0.717, 1.165) is 12.8 Å². The quantitative estimate of drug-likeness (QED) is 0.234. The van der Waals surface area contributed by atoms with Crippen molar-refractivity contribution in [2.24, 2.45) is 0 Å². The van der Waals surface area contributed by atoms with Gasteiger partial charge in [-0.15, -0.1) is 0 Å². The summed E-state index contributed by atoms with van der Waals surface area (Å²) in [5.41, 5.74) is 13.5. The third kappa shape index (κ3) is 2.90. The van der Waals surface area contributed by atoms with E-state index in [0.29, 0.717) is 0 Å². The second kappa shape index (κ2) is 7.18. The van der Waals surface area contributed by atoms with Crippen molar-refractivity contribution >= 4 is 23.6 Å². The molecule has 4 aromatic carbocycles. The Morgan fingerprint density at radius 2 is 1.00 bits per heavy atom. The summed E-state index contributed by atoms with van der Waals surface area (Å²) in [4.78, 5) is 0. The van der Waals surface area contributed by atoms with Gasteiger partial charge in [-0.25, -0.2) is 0 Å². The van der Waals surface area contributed by atoms with E-state index in [1.807, 2.05) is 0 Å². The van der Waals surface area contributed by atoms with E-state index >= 15 is 0 Å². The van der Waals surface area contributed by atoms with Gasteiger partial charge in [-0.2, -0.15) is 0 Å². The number of hydrogen-bond donors (Lipinski definition) is 0. The molecule has 0 radical (unpaired) electrons. The van der Waals surface area contributed by atoms with Gasteiger partial charge in [0.15, 0.2) is 0 Å². The maximum absolute atomic E-state index is 7.52. The van der Waals surface area contributed by atoms with Crippen molar-refractivity contribution < 1.29 is 17.9 Å². The monoisotopic (exact) mass is 518 g/mol. The van der Waals surface area contributed by atoms with Crippen LogP contribution in [0.5, 0.6) is 0 Å². The van der Waals surface area contributed by atoms with Gasteiger partial charge in [-0.1, -0.05) is 0 Å². The number of aryl methyl sites for hydroxylation is 2. The van der Waals surface area contributed by atoms with Crippen LogP contribution >= 0.6 is 17.0 Å². The first kappa shape index (κ1) is 20.0. The summed E-state index contributed by atoms with van der Waals surface area (Å²) in [6.07, 6.45) is 1.85. The predicted octanol–water partition coefficient (Wildman–Crippen LogP) is 6.86. The fraction of sp³-hybridized carbons (Fsp3) is 0.143. The first-order valence-electron chi connectivity index (χ1n) is 10.8. The normalized spacial score (nSPS) is 13.5. The van der Waals surface area contributed by atoms with Crippen LogP contribution in [0.1, 0.15) is 33.4 Å². The van der Waals surface area contributed by atoms with Gasteiger partial charge < -0.3 is 0 Å². The second-order valence-corrected chi connectivity index (χ2v) is 22.1. The van der Waals surface area contributed by atoms with Crippen LogP contribution in [0.15, 0.2) is 72.8 Å². The third-order valence-corrected chi connectivity index (χ3v) is 17.5. The minimum absolute atomic E-state index is 0.926. The molecule has 0 fully saturated rings. The Labute approximate surface area is 195 Å². The number of rotatable bonds is 2. The van der Waals surface area contributed by atoms with E-state index in [1.165, 1.54) is 62.2 Å². The van der Waals surface area contributed by atoms with E-state index in [4.69, 9.17) is 17.0 Å². The molecule has 0 atom stereocenters. The van der Waals surface area contributed by atoms with Gasteiger partial charge in [0.25, 0.3) is 0 Å². The zero-order valence-corrected chi connectivity index (χ0v) is 21.6. The molecule has 0 bridgehead atoms. The van der Waals surface area contributed by atoms with Crippen LogP contribution in [-0.4, -0.2) is 0 Å². The van der Waals surface area contributed by atoms with Crippen LogP contribution < -0.4 is 6.54 Å². The summed E-state index contributed by atoms with van der Waals surface area (Å²) in [5, 5.41) is 0. The summed E-state index contributed by atoms with van der Waals surface area (Å²) in [7, 11) is 15.0. The van der Waals surface area contributed by atoms with Crippen molar-refractivity contribution in [3.63, 3.8) is 0 Å². The summed E-state index contributed by atoms with van der Waals surface area (Å²) < 4.78 is 2.44. The van der Waals surface area contributed by atoms with Crippen LogP contribution in [-0.2, 0) is 30.7 Å². The standard InChI is InChI=1S/2C14H11.2ClH.Zr/c2*1-10-5-4-7-12-9-11-6-2-3-8-13(11)14(10)12;;;/h2*2-6,8H,9H2,1H3;2*1H;/q;;;;+2/p-2. The van der Waals surface area contributed by atoms with Crippen LogP contribution in [0, 0.1) is 13.8 Å². The minimum atomic E-state index is -3.89. The average Bonchev–Trinajstić information content (AvgIpc) is 3.33. The second-order valence-electron chi connectivity index (χ2n) is 8.81. The summed E-state index contributed by atoms with van der Waals surface area (Å²) in [6, 6.07) is 26.3. The van der Waals surface area contributed by atoms with Crippen molar-refractivity contribution in [1.82, 2.24) is 0 Å². The van der Waals surface area contributed by atoms with Gasteiger partial charge in [0, 0.05) is 0 Å². The molecule has 2 aliphatic rings. The maximum atomic E-state index is 7.52. The van der Waals surface area contributed by atoms with Crippen LogP contribution in [0.3, 0.4) is 0 Å². The van der Waals surface area contributed by atoms with Crippen LogP contribution in [0.4, 0.5) is 0 Å². The predicted molar refractivity (Wildman–Crippen MR) is 130 cm³/mol. The molecule has 0 N–H and O–H groups in total. The first-order chi connectivity index (χ1) is 15.0. The molecule has 3 heteroatoms. The van der Waals surface area contributed by atoms with Gasteiger partial charge in [-0.05, 0) is 0 Å². The van der Waals surface area contributed by atoms with Crippen molar-refractivity contribution in [3.8, 4) is 22.3 Å². The fourth-order valence-electron chi connectivity index (χ4n) is 5.60. The summed E-state index contributed by atoms with van der Waals surface area (Å²) in [6.45, 7) is 4.40. The molecule has 0 unspecified atom stereocenters. The van der Waals surface area contributed by atoms with E-state index in [9.17, 15) is 0 Å². The molecule has 31 heavy (non-hydrogen) atoms. The van der Waals surface area contributed by atoms with Crippen LogP contribution in [0.25, 0.3) is 22.3 Å². The van der Waals surface area contributed by atoms with Crippen molar-refractivity contribution in [2.75, 3.05) is 0 Å². The molecule has 0 aromatic heterocycles. The van der Waals surface area contributed by atoms with Crippen molar-refractivity contribution in [1.29, 1.82) is 0 Å². The Morgan fingerprint density at radius 3 is 1.45 bits per heavy atom. The Morgan fingerprint density at radius 1 is 0.581 bits per heavy atom. The molecule has 6 rings (SSSR count). The Hall–Kier alpha value is -1.66. The Balaban J connectivity index is 1.56. The molecule has 4 aromatic rings. The summed E-state index contributed by atoms with van der Waals surface area (Å²) >= 11 is -3.89. The van der Waals surface area contributed by atoms with Crippen molar-refractivity contribution in [2.45, 2.75) is 26.7 Å². The number of benzene rings is 4. The van der Waals surface area contributed by atoms with E-state index < -0.39 is 17.9 Å². The topological polar surface area (TPSA) is 0 Å². The number of hydrogen-bond acceptors (Lipinski definition) is 0. The number of fused-ring (bicyclic) bond motifs is 6. The van der Waals surface area contributed by atoms with Gasteiger partial charge >= 0.3 is 197 Å².